The van der Waals surface area contributed by atoms with Crippen LogP contribution in [-0.2, 0) is 24.4 Å². The molecule has 3 aromatic rings. The molecule has 15 nitrogen and oxygen atoms in total. The van der Waals surface area contributed by atoms with Gasteiger partial charge in [0.05, 0.1) is 23.0 Å². The molecule has 7 rings (SSSR count). The maximum absolute atomic E-state index is 14.7. The third-order valence-corrected chi connectivity index (χ3v) is 11.9. The highest BCUT2D eigenvalue weighted by Gasteiger charge is 2.62. The van der Waals surface area contributed by atoms with Gasteiger partial charge in [-0.15, -0.1) is 0 Å². The summed E-state index contributed by atoms with van der Waals surface area (Å²) < 4.78 is 53.7. The highest BCUT2D eigenvalue weighted by molar-refractivity contribution is 7.91. The Labute approximate surface area is 299 Å². The molecule has 0 spiro atoms. The van der Waals surface area contributed by atoms with E-state index in [0.29, 0.717) is 42.6 Å². The standard InChI is InChI=1S/C35H40FN7O8S/c1-19-15-28(51-41-19)31(45)38-26-11-7-5-3-4-6-9-21-17-35(21,34(47)42-52(48,49)23-13-14-23)40-30(44)27-16-22(18-43(27)33(26)46)50-32-20(2)37-25-12-8-10-24(36)29(25)39-32/h6,8-10,12,15,21-23,26-27H,3-5,7,11,13-14,16-18H2,1-2H3,(H,38,45)(H,40,44)(H,42,47)/b9-6-/t21?,22-,26+,27+,35-/m1/s1. The van der Waals surface area contributed by atoms with E-state index in [1.165, 1.54) is 23.1 Å². The molecule has 0 bridgehead atoms. The molecule has 2 aromatic heterocycles. The molecule has 1 aromatic carbocycles. The Morgan fingerprint density at radius 2 is 1.92 bits per heavy atom. The van der Waals surface area contributed by atoms with Gasteiger partial charge in [-0.25, -0.2) is 22.8 Å². The van der Waals surface area contributed by atoms with E-state index < -0.39 is 74.4 Å². The van der Waals surface area contributed by atoms with Crippen LogP contribution in [0.3, 0.4) is 0 Å². The summed E-state index contributed by atoms with van der Waals surface area (Å²) in [5, 5.41) is 8.69. The zero-order valence-corrected chi connectivity index (χ0v) is 29.6. The lowest BCUT2D eigenvalue weighted by atomic mass is 10.0. The number of amides is 4. The first-order chi connectivity index (χ1) is 24.8. The first-order valence-corrected chi connectivity index (χ1v) is 19.1. The number of nitrogens with zero attached hydrogens (tertiary/aromatic N) is 4. The number of nitrogens with one attached hydrogen (secondary N) is 3. The second kappa shape index (κ2) is 13.9. The molecule has 4 aliphatic rings. The molecule has 3 fully saturated rings. The Bertz CT molecular complexity index is 2070. The fraction of sp³-hybridized carbons (Fsp3) is 0.514. The van der Waals surface area contributed by atoms with Gasteiger partial charge in [0.25, 0.3) is 11.8 Å². The quantitative estimate of drug-likeness (QED) is 0.301. The van der Waals surface area contributed by atoms with Crippen molar-refractivity contribution in [1.29, 1.82) is 0 Å². The summed E-state index contributed by atoms with van der Waals surface area (Å²) in [6.07, 6.45) is 6.95. The number of sulfonamides is 1. The molecular formula is C35H40FN7O8S. The van der Waals surface area contributed by atoms with Crippen LogP contribution in [0, 0.1) is 25.6 Å². The van der Waals surface area contributed by atoms with Gasteiger partial charge in [0.1, 0.15) is 34.9 Å². The largest absolute Gasteiger partial charge is 0.471 e. The molecule has 4 heterocycles. The fourth-order valence-corrected chi connectivity index (χ4v) is 8.30. The summed E-state index contributed by atoms with van der Waals surface area (Å²) >= 11 is 0. The van der Waals surface area contributed by atoms with E-state index in [0.717, 1.165) is 12.8 Å². The van der Waals surface area contributed by atoms with E-state index in [-0.39, 0.29) is 43.0 Å². The maximum atomic E-state index is 14.7. The molecule has 52 heavy (non-hydrogen) atoms. The van der Waals surface area contributed by atoms with Crippen molar-refractivity contribution in [3.8, 4) is 5.88 Å². The highest BCUT2D eigenvalue weighted by atomic mass is 32.2. The number of allylic oxidation sites excluding steroid dienone is 1. The number of carbonyl (C=O) groups excluding carboxylic acids is 4. The van der Waals surface area contributed by atoms with Gasteiger partial charge in [-0.2, -0.15) is 0 Å². The van der Waals surface area contributed by atoms with Crippen LogP contribution < -0.4 is 20.1 Å². The van der Waals surface area contributed by atoms with Gasteiger partial charge in [0.15, 0.2) is 5.82 Å². The number of carbonyl (C=O) groups is 4. The van der Waals surface area contributed by atoms with E-state index in [1.807, 2.05) is 12.2 Å². The summed E-state index contributed by atoms with van der Waals surface area (Å²) in [7, 11) is -3.91. The topological polar surface area (TPSA) is 203 Å². The van der Waals surface area contributed by atoms with Gasteiger partial charge in [0, 0.05) is 18.4 Å². The van der Waals surface area contributed by atoms with Crippen molar-refractivity contribution in [2.75, 3.05) is 6.54 Å². The van der Waals surface area contributed by atoms with Gasteiger partial charge >= 0.3 is 0 Å². The predicted octanol–water partition coefficient (Wildman–Crippen LogP) is 2.52. The normalized spacial score (nSPS) is 27.4. The first-order valence-electron chi connectivity index (χ1n) is 17.5. The van der Waals surface area contributed by atoms with Gasteiger partial charge in [-0.1, -0.05) is 36.2 Å². The molecule has 0 radical (unpaired) electrons. The molecule has 5 atom stereocenters. The Morgan fingerprint density at radius 3 is 2.67 bits per heavy atom. The van der Waals surface area contributed by atoms with Crippen LogP contribution in [0.2, 0.25) is 0 Å². The lowest BCUT2D eigenvalue weighted by Crippen LogP contribution is -2.58. The SMILES string of the molecule is Cc1cc(C(=O)N[C@H]2CCCCC/C=C\C3C[C@@]3(C(=O)NS(=O)(=O)C3CC3)NC(=O)[C@@H]3C[C@@H](Oc4nc5c(F)cccc5nc4C)CN3C2=O)on1. The van der Waals surface area contributed by atoms with E-state index >= 15 is 0 Å². The van der Waals surface area contributed by atoms with Crippen molar-refractivity contribution >= 4 is 44.7 Å². The van der Waals surface area contributed by atoms with Crippen molar-refractivity contribution in [2.45, 2.75) is 101 Å². The van der Waals surface area contributed by atoms with Gasteiger partial charge < -0.3 is 24.8 Å². The van der Waals surface area contributed by atoms with E-state index in [9.17, 15) is 32.0 Å². The monoisotopic (exact) mass is 737 g/mol. The van der Waals surface area contributed by atoms with Gasteiger partial charge in [-0.05, 0) is 64.5 Å². The fourth-order valence-electron chi connectivity index (χ4n) is 6.93. The number of rotatable bonds is 7. The van der Waals surface area contributed by atoms with Crippen LogP contribution in [0.25, 0.3) is 11.0 Å². The van der Waals surface area contributed by atoms with Crippen LogP contribution in [0.1, 0.15) is 79.7 Å². The molecule has 4 amide bonds. The molecule has 2 saturated carbocycles. The number of aryl methyl sites for hydroxylation is 2. The summed E-state index contributed by atoms with van der Waals surface area (Å²) in [6, 6.07) is 3.60. The summed E-state index contributed by atoms with van der Waals surface area (Å²) in [6.45, 7) is 3.19. The molecule has 3 N–H and O–H groups in total. The molecule has 2 aliphatic carbocycles. The van der Waals surface area contributed by atoms with Crippen molar-refractivity contribution in [2.24, 2.45) is 5.92 Å². The van der Waals surface area contributed by atoms with Crippen molar-refractivity contribution in [1.82, 2.24) is 35.4 Å². The van der Waals surface area contributed by atoms with Crippen LogP contribution in [0.4, 0.5) is 4.39 Å². The van der Waals surface area contributed by atoms with E-state index in [4.69, 9.17) is 9.26 Å². The number of fused-ring (bicyclic) bond motifs is 3. The summed E-state index contributed by atoms with van der Waals surface area (Å²) in [5.74, 6) is -3.82. The number of hydrogen-bond acceptors (Lipinski definition) is 11. The van der Waals surface area contributed by atoms with Crippen LogP contribution in [0.5, 0.6) is 5.88 Å². The number of aromatic nitrogens is 3. The lowest BCUT2D eigenvalue weighted by Gasteiger charge is -2.29. The van der Waals surface area contributed by atoms with Crippen LogP contribution in [0.15, 0.2) is 40.9 Å². The molecule has 17 heteroatoms. The van der Waals surface area contributed by atoms with E-state index in [2.05, 4.69) is 30.5 Å². The number of hydrogen-bond donors (Lipinski definition) is 3. The van der Waals surface area contributed by atoms with Crippen LogP contribution >= 0.6 is 0 Å². The molecule has 2 aliphatic heterocycles. The number of para-hydroxylation sites is 1. The zero-order chi connectivity index (χ0) is 36.8. The zero-order valence-electron chi connectivity index (χ0n) is 28.8. The van der Waals surface area contributed by atoms with Gasteiger partial charge in [-0.3, -0.25) is 23.9 Å². The number of ether oxygens (including phenoxy) is 1. The predicted molar refractivity (Wildman–Crippen MR) is 183 cm³/mol. The second-order valence-electron chi connectivity index (χ2n) is 14.1. The van der Waals surface area contributed by atoms with Crippen molar-refractivity contribution < 1.29 is 41.2 Å². The molecule has 1 unspecified atom stereocenters. The number of halogens is 1. The average Bonchev–Trinajstić information content (AvgIpc) is 3.99. The molecule has 276 valence electrons. The van der Waals surface area contributed by atoms with Crippen LogP contribution in [-0.4, -0.2) is 87.6 Å². The van der Waals surface area contributed by atoms with Crippen molar-refractivity contribution in [3.63, 3.8) is 0 Å². The third-order valence-electron chi connectivity index (χ3n) is 10.1. The third kappa shape index (κ3) is 7.22. The summed E-state index contributed by atoms with van der Waals surface area (Å²) in [4.78, 5) is 65.6. The maximum Gasteiger partial charge on any atom is 0.290 e. The minimum atomic E-state index is -3.91. The van der Waals surface area contributed by atoms with Gasteiger partial charge in [0.2, 0.25) is 33.5 Å². The van der Waals surface area contributed by atoms with E-state index in [1.54, 1.807) is 19.9 Å². The lowest BCUT2D eigenvalue weighted by molar-refractivity contribution is -0.141. The minimum Gasteiger partial charge on any atom is -0.471 e. The second-order valence-corrected chi connectivity index (χ2v) is 16.0. The minimum absolute atomic E-state index is 0.00266. The molecular weight excluding hydrogens is 697 g/mol. The Kier molecular flexibility index (Phi) is 9.48. The van der Waals surface area contributed by atoms with Crippen molar-refractivity contribution in [3.05, 3.63) is 59.4 Å². The smallest absolute Gasteiger partial charge is 0.290 e. The summed E-state index contributed by atoms with van der Waals surface area (Å²) in [5.41, 5.74) is -0.363. The Balaban J connectivity index is 1.20. The number of benzene rings is 1. The Morgan fingerprint density at radius 1 is 1.12 bits per heavy atom. The average molecular weight is 738 g/mol. The first kappa shape index (κ1) is 35.5. The highest BCUT2D eigenvalue weighted by Crippen LogP contribution is 2.46. The Hall–Kier alpha value is -4.93. The molecule has 1 saturated heterocycles.